The van der Waals surface area contributed by atoms with Crippen molar-refractivity contribution in [3.63, 3.8) is 0 Å². The highest BCUT2D eigenvalue weighted by atomic mass is 16.6. The molecule has 6 atom stereocenters. The monoisotopic (exact) mass is 574 g/mol. The smallest absolute Gasteiger partial charge is 0.348 e. The van der Waals surface area contributed by atoms with Crippen LogP contribution in [0.15, 0.2) is 24.0 Å². The third kappa shape index (κ3) is 4.57. The number of aliphatic carboxylic acids is 2. The molecule has 1 aromatic carbocycles. The Bertz CT molecular complexity index is 1350. The minimum atomic E-state index is -2.06. The second-order valence-electron chi connectivity index (χ2n) is 10.8. The summed E-state index contributed by atoms with van der Waals surface area (Å²) in [5.74, 6) is -5.60. The van der Waals surface area contributed by atoms with Gasteiger partial charge in [-0.3, -0.25) is 14.4 Å². The van der Waals surface area contributed by atoms with E-state index >= 15 is 0 Å². The highest BCUT2D eigenvalue weighted by Gasteiger charge is 2.71. The van der Waals surface area contributed by atoms with Crippen molar-refractivity contribution in [2.45, 2.75) is 81.2 Å². The molecule has 220 valence electrons. The highest BCUT2D eigenvalue weighted by molar-refractivity contribution is 5.87. The third-order valence-electron chi connectivity index (χ3n) is 8.52. The number of carboxylic acids is 2. The van der Waals surface area contributed by atoms with Crippen molar-refractivity contribution in [3.8, 4) is 11.5 Å². The van der Waals surface area contributed by atoms with Gasteiger partial charge in [-0.2, -0.15) is 0 Å². The fourth-order valence-corrected chi connectivity index (χ4v) is 6.93. The molecule has 13 nitrogen and oxygen atoms in total. The zero-order valence-electron chi connectivity index (χ0n) is 22.4. The summed E-state index contributed by atoms with van der Waals surface area (Å²) >= 11 is 0. The van der Waals surface area contributed by atoms with E-state index in [9.17, 15) is 34.2 Å². The minimum absolute atomic E-state index is 0.0289. The van der Waals surface area contributed by atoms with Crippen LogP contribution >= 0.6 is 0 Å². The van der Waals surface area contributed by atoms with Crippen molar-refractivity contribution in [1.82, 2.24) is 0 Å². The molecule has 1 aromatic rings. The molecule has 41 heavy (non-hydrogen) atoms. The first kappa shape index (κ1) is 28.4. The second-order valence-corrected chi connectivity index (χ2v) is 10.8. The SMILES string of the molecule is COc1ccc2c3c1O[C@@H]1C(OC(=O)C[C@H](OC(C)=O)C(=O)O[C@@H](CC(=O)O)C(=O)O)=CC[C@]4(O)[C@@H](CCC[C@@]314)C2. The van der Waals surface area contributed by atoms with Gasteiger partial charge in [0.05, 0.1) is 31.0 Å². The molecule has 1 aliphatic heterocycles. The van der Waals surface area contributed by atoms with E-state index in [4.69, 9.17) is 28.8 Å². The predicted molar refractivity (Wildman–Crippen MR) is 134 cm³/mol. The zero-order valence-corrected chi connectivity index (χ0v) is 22.4. The molecule has 0 unspecified atom stereocenters. The molecule has 0 radical (unpaired) electrons. The molecule has 5 rings (SSSR count). The maximum Gasteiger partial charge on any atom is 0.348 e. The van der Waals surface area contributed by atoms with Gasteiger partial charge in [-0.15, -0.1) is 0 Å². The predicted octanol–water partition coefficient (Wildman–Crippen LogP) is 1.41. The molecule has 0 saturated heterocycles. The Labute approximate surface area is 234 Å². The van der Waals surface area contributed by atoms with Crippen LogP contribution in [0.1, 0.15) is 56.6 Å². The van der Waals surface area contributed by atoms with Crippen molar-refractivity contribution < 1.29 is 63.0 Å². The average Bonchev–Trinajstić information content (AvgIpc) is 3.24. The summed E-state index contributed by atoms with van der Waals surface area (Å²) in [7, 11) is 1.51. The maximum absolute atomic E-state index is 13.1. The van der Waals surface area contributed by atoms with Crippen LogP contribution in [0.2, 0.25) is 0 Å². The van der Waals surface area contributed by atoms with E-state index in [1.165, 1.54) is 7.11 Å². The summed E-state index contributed by atoms with van der Waals surface area (Å²) in [6.07, 6.45) is -2.01. The van der Waals surface area contributed by atoms with E-state index in [1.54, 1.807) is 6.08 Å². The first-order valence-electron chi connectivity index (χ1n) is 13.2. The first-order valence-corrected chi connectivity index (χ1v) is 13.2. The number of aliphatic hydroxyl groups is 1. The normalized spacial score (nSPS) is 28.1. The van der Waals surface area contributed by atoms with Gasteiger partial charge in [-0.1, -0.05) is 12.5 Å². The van der Waals surface area contributed by atoms with Gasteiger partial charge in [0, 0.05) is 12.5 Å². The second kappa shape index (κ2) is 10.4. The average molecular weight is 575 g/mol. The fraction of sp³-hybridized carbons (Fsp3) is 0.536. The lowest BCUT2D eigenvalue weighted by Crippen LogP contribution is -2.67. The largest absolute Gasteiger partial charge is 0.493 e. The Morgan fingerprint density at radius 2 is 1.85 bits per heavy atom. The van der Waals surface area contributed by atoms with Crippen LogP contribution in [0.3, 0.4) is 0 Å². The van der Waals surface area contributed by atoms with Crippen LogP contribution in [-0.2, 0) is 50.0 Å². The summed E-state index contributed by atoms with van der Waals surface area (Å²) in [6, 6.07) is 3.78. The van der Waals surface area contributed by atoms with Crippen molar-refractivity contribution in [2.24, 2.45) is 5.92 Å². The summed E-state index contributed by atoms with van der Waals surface area (Å²) in [6.45, 7) is 0.971. The number of carbonyl (C=O) groups is 5. The van der Waals surface area contributed by atoms with Crippen LogP contribution < -0.4 is 9.47 Å². The van der Waals surface area contributed by atoms with E-state index in [0.29, 0.717) is 24.3 Å². The lowest BCUT2D eigenvalue weighted by molar-refractivity contribution is -0.180. The Morgan fingerprint density at radius 3 is 2.51 bits per heavy atom. The summed E-state index contributed by atoms with van der Waals surface area (Å²) in [5, 5.41) is 30.2. The molecule has 1 saturated carbocycles. The van der Waals surface area contributed by atoms with E-state index in [-0.39, 0.29) is 18.1 Å². The molecule has 1 spiro atoms. The van der Waals surface area contributed by atoms with Crippen molar-refractivity contribution in [1.29, 1.82) is 0 Å². The van der Waals surface area contributed by atoms with Gasteiger partial charge in [-0.05, 0) is 49.3 Å². The van der Waals surface area contributed by atoms with E-state index in [0.717, 1.165) is 30.9 Å². The Hall–Kier alpha value is -4.13. The number of hydrogen-bond acceptors (Lipinski definition) is 11. The van der Waals surface area contributed by atoms with Crippen molar-refractivity contribution in [2.75, 3.05) is 7.11 Å². The summed E-state index contributed by atoms with van der Waals surface area (Å²) in [4.78, 5) is 59.6. The molecule has 1 fully saturated rings. The van der Waals surface area contributed by atoms with Crippen LogP contribution in [0.25, 0.3) is 0 Å². The molecule has 0 amide bonds. The number of hydrogen-bond donors (Lipinski definition) is 3. The molecule has 13 heteroatoms. The highest BCUT2D eigenvalue weighted by Crippen LogP contribution is 2.67. The molecule has 3 N–H and O–H groups in total. The van der Waals surface area contributed by atoms with Crippen LogP contribution in [0.5, 0.6) is 11.5 Å². The molecule has 3 aliphatic carbocycles. The zero-order chi connectivity index (χ0) is 29.7. The van der Waals surface area contributed by atoms with Crippen LogP contribution in [0.4, 0.5) is 0 Å². The molecular formula is C28H30O13. The van der Waals surface area contributed by atoms with Crippen molar-refractivity contribution >= 4 is 29.8 Å². The Balaban J connectivity index is 1.40. The van der Waals surface area contributed by atoms with Gasteiger partial charge in [-0.25, -0.2) is 9.59 Å². The maximum atomic E-state index is 13.1. The molecule has 0 aromatic heterocycles. The summed E-state index contributed by atoms with van der Waals surface area (Å²) in [5.41, 5.74) is -0.146. The number of esters is 3. The van der Waals surface area contributed by atoms with E-state index in [2.05, 4.69) is 0 Å². The number of carboxylic acid groups (broad SMARTS) is 2. The summed E-state index contributed by atoms with van der Waals surface area (Å²) < 4.78 is 27.2. The lowest BCUT2D eigenvalue weighted by atomic mass is 9.47. The number of carbonyl (C=O) groups excluding carboxylic acids is 3. The van der Waals surface area contributed by atoms with Crippen LogP contribution in [-0.4, -0.2) is 76.2 Å². The molecule has 2 bridgehead atoms. The number of ether oxygens (including phenoxy) is 5. The Morgan fingerprint density at radius 1 is 1.10 bits per heavy atom. The van der Waals surface area contributed by atoms with E-state index in [1.807, 2.05) is 12.1 Å². The topological polar surface area (TPSA) is 192 Å². The van der Waals surface area contributed by atoms with Gasteiger partial charge in [0.25, 0.3) is 0 Å². The van der Waals surface area contributed by atoms with Gasteiger partial charge in [0.2, 0.25) is 12.2 Å². The third-order valence-corrected chi connectivity index (χ3v) is 8.52. The van der Waals surface area contributed by atoms with E-state index < -0.39 is 72.0 Å². The molecular weight excluding hydrogens is 544 g/mol. The van der Waals surface area contributed by atoms with Gasteiger partial charge in [0.1, 0.15) is 5.76 Å². The van der Waals surface area contributed by atoms with Gasteiger partial charge < -0.3 is 39.0 Å². The number of benzene rings is 1. The van der Waals surface area contributed by atoms with Crippen LogP contribution in [0, 0.1) is 5.92 Å². The molecule has 4 aliphatic rings. The number of rotatable bonds is 10. The van der Waals surface area contributed by atoms with Crippen molar-refractivity contribution in [3.05, 3.63) is 35.1 Å². The lowest BCUT2D eigenvalue weighted by Gasteiger charge is -2.59. The first-order chi connectivity index (χ1) is 19.4. The minimum Gasteiger partial charge on any atom is -0.493 e. The van der Waals surface area contributed by atoms with Gasteiger partial charge >= 0.3 is 29.8 Å². The fourth-order valence-electron chi connectivity index (χ4n) is 6.93. The standard InChI is InChI=1S/C28H30O13/c1-13(29)38-19(26(35)40-18(25(33)34)11-20(30)31)12-21(32)39-17-7-9-28(36)15-4-3-8-27(28)22-14(10-15)5-6-16(37-2)23(22)41-24(17)27/h5-7,15,18-19,24,36H,3-4,8-12H2,1-2H3,(H,30,31)(H,33,34)/t15-,18-,19-,24+,27+,28-/m0/s1. The molecule has 1 heterocycles. The Kier molecular flexibility index (Phi) is 7.18. The quantitative estimate of drug-likeness (QED) is 0.269. The van der Waals surface area contributed by atoms with Gasteiger partial charge in [0.15, 0.2) is 17.6 Å². The number of methoxy groups -OCH3 is 1.